The van der Waals surface area contributed by atoms with Gasteiger partial charge >= 0.3 is 0 Å². The molecule has 5 aromatic rings. The summed E-state index contributed by atoms with van der Waals surface area (Å²) in [7, 11) is 0. The molecule has 8 nitrogen and oxygen atoms in total. The van der Waals surface area contributed by atoms with E-state index < -0.39 is 11.3 Å². The van der Waals surface area contributed by atoms with Crippen molar-refractivity contribution in [3.8, 4) is 0 Å². The molecule has 2 aromatic heterocycles. The van der Waals surface area contributed by atoms with Gasteiger partial charge in [-0.3, -0.25) is 9.59 Å². The molecule has 1 unspecified atom stereocenters. The molecular formula is C32H31N3O5. The van der Waals surface area contributed by atoms with E-state index in [9.17, 15) is 14.7 Å². The van der Waals surface area contributed by atoms with Gasteiger partial charge in [0, 0.05) is 34.5 Å². The molecule has 8 heteroatoms. The molecule has 3 aliphatic rings. The second kappa shape index (κ2) is 8.32. The Labute approximate surface area is 230 Å². The Hall–Kier alpha value is -3.88. The lowest BCUT2D eigenvalue weighted by Gasteiger charge is -2.40. The monoisotopic (exact) mass is 537 g/mol. The fourth-order valence-corrected chi connectivity index (χ4v) is 7.86. The second-order valence-electron chi connectivity index (χ2n) is 11.6. The summed E-state index contributed by atoms with van der Waals surface area (Å²) >= 11 is 0. The SMILES string of the molecule is C[C@@]12OC(C[C@@]1(O)CCCCCCOC=O)n1c3ccccc3c3c4c(c5c6ccccc6n2c5c31)CNC4=O. The van der Waals surface area contributed by atoms with Crippen LogP contribution < -0.4 is 5.32 Å². The summed E-state index contributed by atoms with van der Waals surface area (Å²) < 4.78 is 16.3. The van der Waals surface area contributed by atoms with Crippen LogP contribution in [-0.4, -0.2) is 38.8 Å². The predicted octanol–water partition coefficient (Wildman–Crippen LogP) is 5.61. The van der Waals surface area contributed by atoms with Gasteiger partial charge in [-0.05, 0) is 37.5 Å². The molecule has 3 aromatic carbocycles. The molecule has 5 heterocycles. The molecule has 40 heavy (non-hydrogen) atoms. The van der Waals surface area contributed by atoms with Crippen molar-refractivity contribution in [2.75, 3.05) is 6.61 Å². The molecule has 0 saturated carbocycles. The Morgan fingerprint density at radius 3 is 2.55 bits per heavy atom. The number of aliphatic hydroxyl groups is 1. The summed E-state index contributed by atoms with van der Waals surface area (Å²) in [6.07, 6.45) is 4.16. The second-order valence-corrected chi connectivity index (χ2v) is 11.6. The van der Waals surface area contributed by atoms with Gasteiger partial charge in [0.1, 0.15) is 11.8 Å². The van der Waals surface area contributed by atoms with Crippen LogP contribution >= 0.6 is 0 Å². The lowest BCUT2D eigenvalue weighted by Crippen LogP contribution is -2.50. The molecule has 2 bridgehead atoms. The summed E-state index contributed by atoms with van der Waals surface area (Å²) in [5.41, 5.74) is 3.69. The number of rotatable bonds is 8. The van der Waals surface area contributed by atoms with Crippen LogP contribution in [0.2, 0.25) is 0 Å². The first-order valence-electron chi connectivity index (χ1n) is 14.2. The topological polar surface area (TPSA) is 94.7 Å². The van der Waals surface area contributed by atoms with Gasteiger partial charge in [-0.15, -0.1) is 0 Å². The summed E-state index contributed by atoms with van der Waals surface area (Å²) in [6, 6.07) is 16.5. The van der Waals surface area contributed by atoms with E-state index in [-0.39, 0.29) is 12.1 Å². The highest BCUT2D eigenvalue weighted by Crippen LogP contribution is 2.58. The Bertz CT molecular complexity index is 1890. The molecule has 1 amide bonds. The number of nitrogens with zero attached hydrogens (tertiary/aromatic N) is 2. The first kappa shape index (κ1) is 24.0. The number of para-hydroxylation sites is 2. The fourth-order valence-electron chi connectivity index (χ4n) is 7.86. The average molecular weight is 538 g/mol. The van der Waals surface area contributed by atoms with Gasteiger partial charge in [-0.25, -0.2) is 0 Å². The molecule has 0 aliphatic carbocycles. The van der Waals surface area contributed by atoms with Crippen LogP contribution in [0.15, 0.2) is 48.5 Å². The highest BCUT2D eigenvalue weighted by atomic mass is 16.6. The number of hydrogen-bond donors (Lipinski definition) is 2. The third kappa shape index (κ3) is 2.87. The summed E-state index contributed by atoms with van der Waals surface area (Å²) in [6.45, 7) is 3.44. The van der Waals surface area contributed by atoms with Crippen molar-refractivity contribution in [1.82, 2.24) is 14.5 Å². The molecule has 3 atom stereocenters. The lowest BCUT2D eigenvalue weighted by atomic mass is 9.84. The smallest absolute Gasteiger partial charge is 0.293 e. The van der Waals surface area contributed by atoms with E-state index >= 15 is 0 Å². The van der Waals surface area contributed by atoms with Gasteiger partial charge in [0.25, 0.3) is 12.4 Å². The van der Waals surface area contributed by atoms with Crippen LogP contribution in [0.1, 0.15) is 67.6 Å². The number of amides is 1. The highest BCUT2D eigenvalue weighted by molar-refractivity contribution is 6.31. The molecule has 3 aliphatic heterocycles. The number of unbranched alkanes of at least 4 members (excludes halogenated alkanes) is 3. The largest absolute Gasteiger partial charge is 0.468 e. The third-order valence-corrected chi connectivity index (χ3v) is 9.64. The fraction of sp³-hybridized carbons (Fsp3) is 0.375. The van der Waals surface area contributed by atoms with Crippen molar-refractivity contribution in [2.24, 2.45) is 0 Å². The Kier molecular flexibility index (Phi) is 4.98. The van der Waals surface area contributed by atoms with Crippen molar-refractivity contribution in [2.45, 2.75) is 69.5 Å². The molecule has 2 N–H and O–H groups in total. The Morgan fingerprint density at radius 1 is 1.02 bits per heavy atom. The van der Waals surface area contributed by atoms with Gasteiger partial charge in [-0.1, -0.05) is 55.7 Å². The summed E-state index contributed by atoms with van der Waals surface area (Å²) in [4.78, 5) is 23.8. The minimum atomic E-state index is -1.12. The van der Waals surface area contributed by atoms with Crippen LogP contribution in [0.25, 0.3) is 43.6 Å². The normalized spacial score (nSPS) is 24.9. The first-order chi connectivity index (χ1) is 19.5. The molecular weight excluding hydrogens is 506 g/mol. The maximum absolute atomic E-state index is 13.4. The van der Waals surface area contributed by atoms with Crippen LogP contribution in [0.3, 0.4) is 0 Å². The molecule has 1 fully saturated rings. The highest BCUT2D eigenvalue weighted by Gasteiger charge is 2.60. The van der Waals surface area contributed by atoms with Gasteiger partial charge < -0.3 is 29.0 Å². The standard InChI is InChI=1S/C32H31N3O5/c1-31-32(38,14-8-2-3-9-15-39-18-36)16-24(40-31)34-22-12-6-4-10-19(22)26-27-21(17-33-30(27)37)25-20-11-5-7-13-23(20)35(31)29(25)28(26)34/h4-7,10-13,18,24,38H,2-3,8-9,14-17H2,1H3,(H,33,37)/t24?,31-,32+/m1/s1. The van der Waals surface area contributed by atoms with Gasteiger partial charge in [0.05, 0.1) is 34.2 Å². The van der Waals surface area contributed by atoms with Crippen LogP contribution in [-0.2, 0) is 26.5 Å². The minimum Gasteiger partial charge on any atom is -0.468 e. The quantitative estimate of drug-likeness (QED) is 0.198. The molecule has 204 valence electrons. The van der Waals surface area contributed by atoms with Crippen LogP contribution in [0.4, 0.5) is 0 Å². The number of aromatic nitrogens is 2. The number of fused-ring (bicyclic) bond motifs is 13. The van der Waals surface area contributed by atoms with Gasteiger partial charge in [0.15, 0.2) is 5.72 Å². The Morgan fingerprint density at radius 2 is 1.75 bits per heavy atom. The van der Waals surface area contributed by atoms with E-state index in [2.05, 4.69) is 38.7 Å². The van der Waals surface area contributed by atoms with E-state index in [0.717, 1.165) is 80.4 Å². The van der Waals surface area contributed by atoms with Crippen molar-refractivity contribution in [3.63, 3.8) is 0 Å². The maximum atomic E-state index is 13.4. The molecule has 0 spiro atoms. The summed E-state index contributed by atoms with van der Waals surface area (Å²) in [5, 5.41) is 19.8. The average Bonchev–Trinajstić information content (AvgIpc) is 3.65. The Balaban J connectivity index is 1.40. The zero-order chi connectivity index (χ0) is 27.2. The number of ether oxygens (including phenoxy) is 2. The maximum Gasteiger partial charge on any atom is 0.293 e. The zero-order valence-corrected chi connectivity index (χ0v) is 22.4. The number of carbonyl (C=O) groups is 2. The van der Waals surface area contributed by atoms with Crippen LogP contribution in [0.5, 0.6) is 0 Å². The van der Waals surface area contributed by atoms with E-state index in [1.54, 1.807) is 0 Å². The van der Waals surface area contributed by atoms with E-state index in [0.29, 0.717) is 32.5 Å². The number of benzene rings is 3. The molecule has 8 rings (SSSR count). The molecule has 0 radical (unpaired) electrons. The van der Waals surface area contributed by atoms with Crippen molar-refractivity contribution in [3.05, 3.63) is 59.7 Å². The zero-order valence-electron chi connectivity index (χ0n) is 22.4. The number of nitrogens with one attached hydrogen (secondary N) is 1. The van der Waals surface area contributed by atoms with Gasteiger partial charge in [0.2, 0.25) is 0 Å². The van der Waals surface area contributed by atoms with Crippen LogP contribution in [0, 0.1) is 0 Å². The minimum absolute atomic E-state index is 0.0341. The first-order valence-corrected chi connectivity index (χ1v) is 14.2. The van der Waals surface area contributed by atoms with E-state index in [4.69, 9.17) is 9.47 Å². The number of carbonyl (C=O) groups excluding carboxylic acids is 2. The van der Waals surface area contributed by atoms with E-state index in [1.165, 1.54) is 0 Å². The molecule has 1 saturated heterocycles. The van der Waals surface area contributed by atoms with Crippen molar-refractivity contribution in [1.29, 1.82) is 0 Å². The lowest BCUT2D eigenvalue weighted by molar-refractivity contribution is -0.180. The van der Waals surface area contributed by atoms with E-state index in [1.807, 2.05) is 31.2 Å². The third-order valence-electron chi connectivity index (χ3n) is 9.64. The van der Waals surface area contributed by atoms with Crippen molar-refractivity contribution < 1.29 is 24.2 Å². The predicted molar refractivity (Wildman–Crippen MR) is 152 cm³/mol. The number of hydrogen-bond acceptors (Lipinski definition) is 5. The van der Waals surface area contributed by atoms with Crippen molar-refractivity contribution >= 4 is 56.0 Å². The summed E-state index contributed by atoms with van der Waals surface area (Å²) in [5.74, 6) is -0.0341. The van der Waals surface area contributed by atoms with Gasteiger partial charge in [-0.2, -0.15) is 0 Å².